The van der Waals surface area contributed by atoms with Gasteiger partial charge >= 0.3 is 0 Å². The fraction of sp³-hybridized carbons (Fsp3) is 0.417. The van der Waals surface area contributed by atoms with Gasteiger partial charge in [0.15, 0.2) is 0 Å². The van der Waals surface area contributed by atoms with E-state index in [0.29, 0.717) is 5.56 Å². The van der Waals surface area contributed by atoms with E-state index in [2.05, 4.69) is 5.32 Å². The Hall–Kier alpha value is -1.70. The van der Waals surface area contributed by atoms with Crippen LogP contribution >= 0.6 is 12.4 Å². The summed E-state index contributed by atoms with van der Waals surface area (Å²) < 4.78 is 4.91. The van der Waals surface area contributed by atoms with Crippen LogP contribution in [0.15, 0.2) is 24.3 Å². The van der Waals surface area contributed by atoms with Gasteiger partial charge in [-0.1, -0.05) is 12.1 Å². The first kappa shape index (κ1) is 18.3. The Balaban J connectivity index is 0.00000361. The van der Waals surface area contributed by atoms with Gasteiger partial charge in [0.2, 0.25) is 0 Å². The second-order valence-electron chi connectivity index (χ2n) is 4.04. The SMILES string of the molecule is COC(CN)C(=O)NC(C)c1cccc([N+](=O)[O-])c1.Cl. The van der Waals surface area contributed by atoms with E-state index in [9.17, 15) is 14.9 Å². The number of carbonyl (C=O) groups is 1. The number of halogens is 1. The molecule has 0 saturated heterocycles. The van der Waals surface area contributed by atoms with E-state index in [0.717, 1.165) is 0 Å². The van der Waals surface area contributed by atoms with Crippen LogP contribution in [0.1, 0.15) is 18.5 Å². The average molecular weight is 304 g/mol. The molecule has 2 atom stereocenters. The minimum absolute atomic E-state index is 0. The monoisotopic (exact) mass is 303 g/mol. The normalized spacial score (nSPS) is 12.9. The Bertz CT molecular complexity index is 466. The van der Waals surface area contributed by atoms with E-state index in [1.807, 2.05) is 0 Å². The molecular weight excluding hydrogens is 286 g/mol. The number of nitrogens with one attached hydrogen (secondary N) is 1. The van der Waals surface area contributed by atoms with E-state index >= 15 is 0 Å². The predicted molar refractivity (Wildman–Crippen MR) is 76.8 cm³/mol. The second-order valence-corrected chi connectivity index (χ2v) is 4.04. The zero-order valence-corrected chi connectivity index (χ0v) is 12.1. The molecule has 0 radical (unpaired) electrons. The number of hydrogen-bond acceptors (Lipinski definition) is 5. The highest BCUT2D eigenvalue weighted by atomic mass is 35.5. The molecule has 0 aliphatic rings. The number of benzene rings is 1. The Labute approximate surface area is 123 Å². The lowest BCUT2D eigenvalue weighted by molar-refractivity contribution is -0.384. The van der Waals surface area contributed by atoms with Crippen molar-refractivity contribution in [3.05, 3.63) is 39.9 Å². The third-order valence-corrected chi connectivity index (χ3v) is 2.73. The number of ether oxygens (including phenoxy) is 1. The minimum atomic E-state index is -0.721. The molecule has 112 valence electrons. The van der Waals surface area contributed by atoms with Crippen LogP contribution in [0.2, 0.25) is 0 Å². The number of non-ortho nitro benzene ring substituents is 1. The van der Waals surface area contributed by atoms with Gasteiger partial charge in [0.25, 0.3) is 11.6 Å². The van der Waals surface area contributed by atoms with E-state index in [1.54, 1.807) is 19.1 Å². The molecule has 0 bridgehead atoms. The smallest absolute Gasteiger partial charge is 0.269 e. The van der Waals surface area contributed by atoms with Crippen molar-refractivity contribution in [1.29, 1.82) is 0 Å². The topological polar surface area (TPSA) is 107 Å². The van der Waals surface area contributed by atoms with Crippen LogP contribution in [0.25, 0.3) is 0 Å². The number of amides is 1. The van der Waals surface area contributed by atoms with E-state index < -0.39 is 11.0 Å². The number of nitrogens with zero attached hydrogens (tertiary/aromatic N) is 1. The lowest BCUT2D eigenvalue weighted by atomic mass is 10.1. The number of nitro benzene ring substituents is 1. The largest absolute Gasteiger partial charge is 0.370 e. The highest BCUT2D eigenvalue weighted by Crippen LogP contribution is 2.18. The van der Waals surface area contributed by atoms with Gasteiger partial charge in [-0.15, -0.1) is 12.4 Å². The summed E-state index contributed by atoms with van der Waals surface area (Å²) in [5.41, 5.74) is 6.02. The van der Waals surface area contributed by atoms with Gasteiger partial charge in [0, 0.05) is 25.8 Å². The summed E-state index contributed by atoms with van der Waals surface area (Å²) in [6, 6.07) is 5.75. The fourth-order valence-electron chi connectivity index (χ4n) is 1.61. The van der Waals surface area contributed by atoms with Crippen molar-refractivity contribution in [1.82, 2.24) is 5.32 Å². The number of rotatable bonds is 6. The molecule has 1 rings (SSSR count). The zero-order valence-electron chi connectivity index (χ0n) is 11.2. The van der Waals surface area contributed by atoms with Crippen molar-refractivity contribution < 1.29 is 14.5 Å². The molecule has 0 heterocycles. The first-order valence-corrected chi connectivity index (χ1v) is 5.77. The second kappa shape index (κ2) is 8.47. The van der Waals surface area contributed by atoms with Gasteiger partial charge < -0.3 is 15.8 Å². The summed E-state index contributed by atoms with van der Waals surface area (Å²) in [5.74, 6) is -0.344. The summed E-state index contributed by atoms with van der Waals surface area (Å²) in [4.78, 5) is 22.0. The molecule has 0 spiro atoms. The van der Waals surface area contributed by atoms with Gasteiger partial charge in [-0.25, -0.2) is 0 Å². The quantitative estimate of drug-likeness (QED) is 0.606. The molecule has 0 saturated carbocycles. The Morgan fingerprint density at radius 2 is 2.20 bits per heavy atom. The third kappa shape index (κ3) is 4.76. The summed E-state index contributed by atoms with van der Waals surface area (Å²) in [5, 5.41) is 13.4. The van der Waals surface area contributed by atoms with Crippen molar-refractivity contribution in [2.24, 2.45) is 5.73 Å². The third-order valence-electron chi connectivity index (χ3n) is 2.73. The molecule has 20 heavy (non-hydrogen) atoms. The van der Waals surface area contributed by atoms with E-state index in [-0.39, 0.29) is 36.6 Å². The minimum Gasteiger partial charge on any atom is -0.370 e. The Kier molecular flexibility index (Phi) is 7.75. The van der Waals surface area contributed by atoms with Gasteiger partial charge in [0.05, 0.1) is 11.0 Å². The van der Waals surface area contributed by atoms with Crippen LogP contribution in [0, 0.1) is 10.1 Å². The molecule has 1 aromatic rings. The van der Waals surface area contributed by atoms with Crippen molar-refractivity contribution in [3.63, 3.8) is 0 Å². The van der Waals surface area contributed by atoms with Crippen LogP contribution in [-0.4, -0.2) is 30.6 Å². The lowest BCUT2D eigenvalue weighted by Gasteiger charge is -2.18. The van der Waals surface area contributed by atoms with Crippen molar-refractivity contribution >= 4 is 24.0 Å². The molecule has 0 aliphatic carbocycles. The molecule has 0 aliphatic heterocycles. The van der Waals surface area contributed by atoms with Crippen LogP contribution in [0.4, 0.5) is 5.69 Å². The number of hydrogen-bond donors (Lipinski definition) is 2. The molecule has 3 N–H and O–H groups in total. The molecular formula is C12H18ClN3O4. The molecule has 7 nitrogen and oxygen atoms in total. The van der Waals surface area contributed by atoms with Crippen molar-refractivity contribution in [2.75, 3.05) is 13.7 Å². The number of methoxy groups -OCH3 is 1. The number of carbonyl (C=O) groups excluding carboxylic acids is 1. The van der Waals surface area contributed by atoms with Crippen molar-refractivity contribution in [2.45, 2.75) is 19.1 Å². The standard InChI is InChI=1S/C12H17N3O4.ClH/c1-8(14-12(16)11(7-13)19-2)9-4-3-5-10(6-9)15(17)18;/h3-6,8,11H,7,13H2,1-2H3,(H,14,16);1H. The average Bonchev–Trinajstić information content (AvgIpc) is 2.40. The van der Waals surface area contributed by atoms with Gasteiger partial charge in [-0.05, 0) is 12.5 Å². The van der Waals surface area contributed by atoms with Crippen LogP contribution in [0.5, 0.6) is 0 Å². The maximum absolute atomic E-state index is 11.8. The Morgan fingerprint density at radius 3 is 2.70 bits per heavy atom. The first-order valence-electron chi connectivity index (χ1n) is 5.77. The molecule has 2 unspecified atom stereocenters. The summed E-state index contributed by atoms with van der Waals surface area (Å²) in [7, 11) is 1.40. The number of nitro groups is 1. The van der Waals surface area contributed by atoms with Gasteiger partial charge in [0.1, 0.15) is 6.10 Å². The fourth-order valence-corrected chi connectivity index (χ4v) is 1.61. The first-order chi connectivity index (χ1) is 8.99. The zero-order chi connectivity index (χ0) is 14.4. The molecule has 8 heteroatoms. The summed E-state index contributed by atoms with van der Waals surface area (Å²) in [6.45, 7) is 1.81. The van der Waals surface area contributed by atoms with Gasteiger partial charge in [-0.2, -0.15) is 0 Å². The van der Waals surface area contributed by atoms with Crippen LogP contribution < -0.4 is 11.1 Å². The molecule has 0 fully saturated rings. The van der Waals surface area contributed by atoms with Crippen LogP contribution in [0.3, 0.4) is 0 Å². The summed E-state index contributed by atoms with van der Waals surface area (Å²) >= 11 is 0. The summed E-state index contributed by atoms with van der Waals surface area (Å²) in [6.07, 6.45) is -0.721. The van der Waals surface area contributed by atoms with E-state index in [4.69, 9.17) is 10.5 Å². The van der Waals surface area contributed by atoms with Crippen molar-refractivity contribution in [3.8, 4) is 0 Å². The van der Waals surface area contributed by atoms with Gasteiger partial charge in [-0.3, -0.25) is 14.9 Å². The Morgan fingerprint density at radius 1 is 1.55 bits per heavy atom. The maximum Gasteiger partial charge on any atom is 0.269 e. The van der Waals surface area contributed by atoms with Crippen LogP contribution in [-0.2, 0) is 9.53 Å². The maximum atomic E-state index is 11.8. The molecule has 1 aromatic carbocycles. The molecule has 1 amide bonds. The molecule has 0 aromatic heterocycles. The number of nitrogens with two attached hydrogens (primary N) is 1. The highest BCUT2D eigenvalue weighted by Gasteiger charge is 2.19. The highest BCUT2D eigenvalue weighted by molar-refractivity contribution is 5.85. The lowest BCUT2D eigenvalue weighted by Crippen LogP contribution is -2.41. The predicted octanol–water partition coefficient (Wildman–Crippen LogP) is 1.17. The van der Waals surface area contributed by atoms with E-state index in [1.165, 1.54) is 19.2 Å².